The molecule has 1 N–H and O–H groups in total. The monoisotopic (exact) mass is 342 g/mol. The van der Waals surface area contributed by atoms with Crippen LogP contribution in [0.1, 0.15) is 12.0 Å². The number of hydrogen-bond acceptors (Lipinski definition) is 3. The van der Waals surface area contributed by atoms with Gasteiger partial charge in [-0.05, 0) is 31.2 Å². The molecule has 1 fully saturated rings. The summed E-state index contributed by atoms with van der Waals surface area (Å²) in [6.07, 6.45) is 0.142. The Labute approximate surface area is 145 Å². The molecule has 1 saturated heterocycles. The minimum absolute atomic E-state index is 0.0879. The van der Waals surface area contributed by atoms with Crippen molar-refractivity contribution in [2.75, 3.05) is 23.9 Å². The second-order valence-electron chi connectivity index (χ2n) is 6.07. The smallest absolute Gasteiger partial charge is 0.229 e. The molecular formula is C19H19FN2O3. The van der Waals surface area contributed by atoms with Crippen LogP contribution in [0, 0.1) is 18.7 Å². The van der Waals surface area contributed by atoms with E-state index in [4.69, 9.17) is 4.74 Å². The van der Waals surface area contributed by atoms with Crippen molar-refractivity contribution in [3.63, 3.8) is 0 Å². The Bertz CT molecular complexity index is 805. The number of methoxy groups -OCH3 is 1. The Morgan fingerprint density at radius 3 is 2.64 bits per heavy atom. The molecule has 2 aromatic carbocycles. The average Bonchev–Trinajstić information content (AvgIpc) is 2.99. The molecule has 2 aromatic rings. The molecule has 25 heavy (non-hydrogen) atoms. The van der Waals surface area contributed by atoms with Crippen molar-refractivity contribution in [2.24, 2.45) is 5.92 Å². The summed E-state index contributed by atoms with van der Waals surface area (Å²) in [5, 5.41) is 2.72. The molecule has 0 spiro atoms. The molecule has 1 heterocycles. The molecule has 0 aromatic heterocycles. The first-order valence-electron chi connectivity index (χ1n) is 7.99. The molecule has 2 amide bonds. The fourth-order valence-electron chi connectivity index (χ4n) is 2.86. The Kier molecular flexibility index (Phi) is 4.70. The second-order valence-corrected chi connectivity index (χ2v) is 6.07. The molecule has 5 nitrogen and oxygen atoms in total. The number of carbonyl (C=O) groups is 2. The summed E-state index contributed by atoms with van der Waals surface area (Å²) in [7, 11) is 1.41. The maximum atomic E-state index is 13.2. The number of ether oxygens (including phenoxy) is 1. The zero-order chi connectivity index (χ0) is 18.0. The summed E-state index contributed by atoms with van der Waals surface area (Å²) in [4.78, 5) is 26.4. The first kappa shape index (κ1) is 17.0. The van der Waals surface area contributed by atoms with Gasteiger partial charge in [0, 0.05) is 24.7 Å². The van der Waals surface area contributed by atoms with Crippen LogP contribution >= 0.6 is 0 Å². The van der Waals surface area contributed by atoms with Crippen molar-refractivity contribution >= 4 is 23.2 Å². The molecule has 3 rings (SSSR count). The van der Waals surface area contributed by atoms with E-state index >= 15 is 0 Å². The van der Waals surface area contributed by atoms with Crippen LogP contribution in [0.4, 0.5) is 15.8 Å². The van der Waals surface area contributed by atoms with Crippen molar-refractivity contribution in [3.05, 3.63) is 53.8 Å². The number of nitrogens with zero attached hydrogens (tertiary/aromatic N) is 1. The molecule has 1 unspecified atom stereocenters. The highest BCUT2D eigenvalue weighted by atomic mass is 19.1. The summed E-state index contributed by atoms with van der Waals surface area (Å²) in [6.45, 7) is 2.29. The van der Waals surface area contributed by atoms with Crippen LogP contribution in [0.25, 0.3) is 0 Å². The summed E-state index contributed by atoms with van der Waals surface area (Å²) in [5.41, 5.74) is 2.27. The number of halogens is 1. The number of carbonyl (C=O) groups excluding carboxylic acids is 2. The van der Waals surface area contributed by atoms with Gasteiger partial charge >= 0.3 is 0 Å². The van der Waals surface area contributed by atoms with Crippen molar-refractivity contribution in [1.29, 1.82) is 0 Å². The minimum atomic E-state index is -0.469. The normalized spacial score (nSPS) is 16.8. The van der Waals surface area contributed by atoms with E-state index in [1.165, 1.54) is 25.3 Å². The third-order valence-corrected chi connectivity index (χ3v) is 4.26. The molecule has 0 saturated carbocycles. The predicted octanol–water partition coefficient (Wildman–Crippen LogP) is 3.13. The highest BCUT2D eigenvalue weighted by molar-refractivity contribution is 6.03. The quantitative estimate of drug-likeness (QED) is 0.929. The molecular weight excluding hydrogens is 323 g/mol. The topological polar surface area (TPSA) is 58.6 Å². The highest BCUT2D eigenvalue weighted by Gasteiger charge is 2.35. The third kappa shape index (κ3) is 3.63. The van der Waals surface area contributed by atoms with Gasteiger partial charge in [0.2, 0.25) is 11.8 Å². The number of aryl methyl sites for hydroxylation is 1. The van der Waals surface area contributed by atoms with E-state index in [9.17, 15) is 14.0 Å². The fraction of sp³-hybridized carbons (Fsp3) is 0.263. The van der Waals surface area contributed by atoms with Crippen molar-refractivity contribution in [2.45, 2.75) is 13.3 Å². The third-order valence-electron chi connectivity index (χ3n) is 4.26. The maximum Gasteiger partial charge on any atom is 0.229 e. The standard InChI is InChI=1S/C19H19FN2O3/c1-12-3-6-15(7-4-12)22-11-13(9-18(22)23)19(24)21-16-8-5-14(20)10-17(16)25-2/h3-8,10,13H,9,11H2,1-2H3,(H,21,24). The first-order chi connectivity index (χ1) is 12.0. The Morgan fingerprint density at radius 1 is 1.24 bits per heavy atom. The van der Waals surface area contributed by atoms with Gasteiger partial charge in [0.1, 0.15) is 11.6 Å². The van der Waals surface area contributed by atoms with E-state index in [1.807, 2.05) is 31.2 Å². The van der Waals surface area contributed by atoms with Gasteiger partial charge in [-0.25, -0.2) is 4.39 Å². The molecule has 0 radical (unpaired) electrons. The van der Waals surface area contributed by atoms with Crippen LogP contribution in [0.15, 0.2) is 42.5 Å². The molecule has 1 atom stereocenters. The van der Waals surface area contributed by atoms with E-state index in [-0.39, 0.29) is 24.0 Å². The number of anilines is 2. The van der Waals surface area contributed by atoms with Gasteiger partial charge in [0.25, 0.3) is 0 Å². The van der Waals surface area contributed by atoms with Crippen LogP contribution in [0.2, 0.25) is 0 Å². The lowest BCUT2D eigenvalue weighted by atomic mass is 10.1. The Hall–Kier alpha value is -2.89. The molecule has 6 heteroatoms. The number of rotatable bonds is 4. The van der Waals surface area contributed by atoms with Crippen LogP contribution in [-0.4, -0.2) is 25.5 Å². The predicted molar refractivity (Wildman–Crippen MR) is 93.2 cm³/mol. The van der Waals surface area contributed by atoms with Gasteiger partial charge in [-0.1, -0.05) is 17.7 Å². The van der Waals surface area contributed by atoms with Gasteiger partial charge in [-0.15, -0.1) is 0 Å². The van der Waals surface area contributed by atoms with E-state index < -0.39 is 11.7 Å². The number of hydrogen-bond donors (Lipinski definition) is 1. The Morgan fingerprint density at radius 2 is 1.96 bits per heavy atom. The van der Waals surface area contributed by atoms with E-state index in [0.717, 1.165) is 11.3 Å². The van der Waals surface area contributed by atoms with Gasteiger partial charge in [-0.3, -0.25) is 9.59 Å². The molecule has 1 aliphatic rings. The lowest BCUT2D eigenvalue weighted by Gasteiger charge is -2.17. The van der Waals surface area contributed by atoms with Crippen LogP contribution < -0.4 is 15.0 Å². The largest absolute Gasteiger partial charge is 0.494 e. The second kappa shape index (κ2) is 6.93. The lowest BCUT2D eigenvalue weighted by molar-refractivity contribution is -0.122. The minimum Gasteiger partial charge on any atom is -0.494 e. The number of nitrogens with one attached hydrogen (secondary N) is 1. The van der Waals surface area contributed by atoms with Crippen molar-refractivity contribution < 1.29 is 18.7 Å². The zero-order valence-corrected chi connectivity index (χ0v) is 14.1. The molecule has 1 aliphatic heterocycles. The van der Waals surface area contributed by atoms with Gasteiger partial charge in [0.15, 0.2) is 0 Å². The van der Waals surface area contributed by atoms with Gasteiger partial charge < -0.3 is 15.0 Å². The summed E-state index contributed by atoms with van der Waals surface area (Å²) in [5.74, 6) is -1.05. The van der Waals surface area contributed by atoms with Crippen molar-refractivity contribution in [1.82, 2.24) is 0 Å². The molecule has 0 bridgehead atoms. The lowest BCUT2D eigenvalue weighted by Crippen LogP contribution is -2.28. The van der Waals surface area contributed by atoms with Crippen LogP contribution in [-0.2, 0) is 9.59 Å². The average molecular weight is 342 g/mol. The van der Waals surface area contributed by atoms with Gasteiger partial charge in [-0.2, -0.15) is 0 Å². The number of amides is 2. The van der Waals surface area contributed by atoms with E-state index in [2.05, 4.69) is 5.32 Å². The fourth-order valence-corrected chi connectivity index (χ4v) is 2.86. The first-order valence-corrected chi connectivity index (χ1v) is 7.99. The summed E-state index contributed by atoms with van der Waals surface area (Å²) in [6, 6.07) is 11.5. The highest BCUT2D eigenvalue weighted by Crippen LogP contribution is 2.29. The van der Waals surface area contributed by atoms with Gasteiger partial charge in [0.05, 0.1) is 18.7 Å². The SMILES string of the molecule is COc1cc(F)ccc1NC(=O)C1CC(=O)N(c2ccc(C)cc2)C1. The summed E-state index contributed by atoms with van der Waals surface area (Å²) < 4.78 is 18.3. The zero-order valence-electron chi connectivity index (χ0n) is 14.1. The molecule has 0 aliphatic carbocycles. The van der Waals surface area contributed by atoms with E-state index in [0.29, 0.717) is 12.2 Å². The van der Waals surface area contributed by atoms with Crippen LogP contribution in [0.3, 0.4) is 0 Å². The van der Waals surface area contributed by atoms with Crippen LogP contribution in [0.5, 0.6) is 5.75 Å². The molecule has 130 valence electrons. The van der Waals surface area contributed by atoms with E-state index in [1.54, 1.807) is 4.90 Å². The van der Waals surface area contributed by atoms with Crippen molar-refractivity contribution in [3.8, 4) is 5.75 Å². The maximum absolute atomic E-state index is 13.2. The number of benzene rings is 2. The Balaban J connectivity index is 1.72. The summed E-state index contributed by atoms with van der Waals surface area (Å²) >= 11 is 0.